The third kappa shape index (κ3) is 2.94. The minimum absolute atomic E-state index is 0.0518. The van der Waals surface area contributed by atoms with E-state index in [-0.39, 0.29) is 10.9 Å². The van der Waals surface area contributed by atoms with E-state index in [0.29, 0.717) is 11.3 Å². The SMILES string of the molecule is O=S1(=O)C=CC(Nc2nnc(C(F)(F)F)s2)C1. The van der Waals surface area contributed by atoms with Gasteiger partial charge in [-0.3, -0.25) is 0 Å². The van der Waals surface area contributed by atoms with Crippen LogP contribution in [0.3, 0.4) is 0 Å². The molecule has 0 aliphatic carbocycles. The number of hydrogen-bond donors (Lipinski definition) is 1. The van der Waals surface area contributed by atoms with E-state index in [1.165, 1.54) is 6.08 Å². The summed E-state index contributed by atoms with van der Waals surface area (Å²) >= 11 is 0.340. The summed E-state index contributed by atoms with van der Waals surface area (Å²) in [7, 11) is -3.25. The van der Waals surface area contributed by atoms with Gasteiger partial charge in [-0.15, -0.1) is 10.2 Å². The Kier molecular flexibility index (Phi) is 2.86. The van der Waals surface area contributed by atoms with Gasteiger partial charge in [0.2, 0.25) is 10.1 Å². The highest BCUT2D eigenvalue weighted by atomic mass is 32.2. The molecule has 1 aromatic rings. The van der Waals surface area contributed by atoms with E-state index in [2.05, 4.69) is 15.5 Å². The Morgan fingerprint density at radius 3 is 2.59 bits per heavy atom. The fraction of sp³-hybridized carbons (Fsp3) is 0.429. The van der Waals surface area contributed by atoms with Gasteiger partial charge in [-0.2, -0.15) is 13.2 Å². The summed E-state index contributed by atoms with van der Waals surface area (Å²) < 4.78 is 58.7. The van der Waals surface area contributed by atoms with Crippen LogP contribution in [0.15, 0.2) is 11.5 Å². The molecule has 0 saturated carbocycles. The van der Waals surface area contributed by atoms with Crippen molar-refractivity contribution in [2.24, 2.45) is 0 Å². The third-order valence-corrected chi connectivity index (χ3v) is 4.20. The molecular formula is C7H6F3N3O2S2. The minimum atomic E-state index is -4.53. The third-order valence-electron chi connectivity index (χ3n) is 1.91. The van der Waals surface area contributed by atoms with Gasteiger partial charge in [0.05, 0.1) is 11.8 Å². The summed E-state index contributed by atoms with van der Waals surface area (Å²) in [6.07, 6.45) is -3.17. The van der Waals surface area contributed by atoms with Crippen LogP contribution in [0.1, 0.15) is 5.01 Å². The van der Waals surface area contributed by atoms with Crippen molar-refractivity contribution in [1.29, 1.82) is 0 Å². The van der Waals surface area contributed by atoms with Crippen LogP contribution in [0.5, 0.6) is 0 Å². The minimum Gasteiger partial charge on any atom is -0.353 e. The maximum atomic E-state index is 12.2. The van der Waals surface area contributed by atoms with Gasteiger partial charge in [0, 0.05) is 5.41 Å². The second-order valence-electron chi connectivity index (χ2n) is 3.32. The molecular weight excluding hydrogens is 279 g/mol. The first-order valence-corrected chi connectivity index (χ1v) is 6.88. The highest BCUT2D eigenvalue weighted by Crippen LogP contribution is 2.33. The van der Waals surface area contributed by atoms with Crippen molar-refractivity contribution in [3.8, 4) is 0 Å². The fourth-order valence-corrected chi connectivity index (χ4v) is 3.13. The molecule has 1 unspecified atom stereocenters. The molecule has 0 aromatic carbocycles. The van der Waals surface area contributed by atoms with E-state index in [0.717, 1.165) is 5.41 Å². The molecule has 1 N–H and O–H groups in total. The molecule has 0 bridgehead atoms. The summed E-state index contributed by atoms with van der Waals surface area (Å²) in [6, 6.07) is -0.561. The van der Waals surface area contributed by atoms with Crippen LogP contribution < -0.4 is 5.32 Å². The van der Waals surface area contributed by atoms with Gasteiger partial charge in [-0.1, -0.05) is 11.3 Å². The molecule has 1 aliphatic rings. The molecule has 0 spiro atoms. The average molecular weight is 285 g/mol. The Bertz CT molecular complexity index is 549. The zero-order valence-corrected chi connectivity index (χ0v) is 9.73. The number of halogens is 3. The topological polar surface area (TPSA) is 72.0 Å². The maximum Gasteiger partial charge on any atom is 0.445 e. The number of nitrogens with zero attached hydrogens (tertiary/aromatic N) is 2. The molecule has 1 aromatic heterocycles. The van der Waals surface area contributed by atoms with Gasteiger partial charge in [0.1, 0.15) is 0 Å². The van der Waals surface area contributed by atoms with Crippen molar-refractivity contribution in [1.82, 2.24) is 10.2 Å². The molecule has 0 saturated heterocycles. The lowest BCUT2D eigenvalue weighted by atomic mass is 10.3. The quantitative estimate of drug-likeness (QED) is 0.886. The van der Waals surface area contributed by atoms with Crippen LogP contribution in [-0.4, -0.2) is 30.4 Å². The van der Waals surface area contributed by atoms with Crippen LogP contribution in [-0.2, 0) is 16.0 Å². The number of sulfone groups is 1. The van der Waals surface area contributed by atoms with Crippen molar-refractivity contribution in [3.63, 3.8) is 0 Å². The van der Waals surface area contributed by atoms with Crippen LogP contribution in [0.4, 0.5) is 18.3 Å². The summed E-state index contributed by atoms with van der Waals surface area (Å²) in [5.41, 5.74) is 0. The van der Waals surface area contributed by atoms with E-state index < -0.39 is 27.1 Å². The normalized spacial score (nSPS) is 22.9. The standard InChI is InChI=1S/C7H6F3N3O2S2/c8-7(9,10)5-12-13-6(16-5)11-4-1-2-17(14,15)3-4/h1-2,4H,3H2,(H,11,13). The van der Waals surface area contributed by atoms with E-state index in [1.54, 1.807) is 0 Å². The molecule has 1 aliphatic heterocycles. The van der Waals surface area contributed by atoms with Crippen molar-refractivity contribution in [2.45, 2.75) is 12.2 Å². The Balaban J connectivity index is 2.06. The van der Waals surface area contributed by atoms with E-state index in [4.69, 9.17) is 0 Å². The first-order chi connectivity index (χ1) is 7.76. The molecule has 2 rings (SSSR count). The first kappa shape index (κ1) is 12.3. The molecule has 10 heteroatoms. The van der Waals surface area contributed by atoms with Crippen LogP contribution in [0.25, 0.3) is 0 Å². The second kappa shape index (κ2) is 3.95. The van der Waals surface area contributed by atoms with Crippen LogP contribution >= 0.6 is 11.3 Å². The van der Waals surface area contributed by atoms with Gasteiger partial charge >= 0.3 is 6.18 Å². The van der Waals surface area contributed by atoms with Crippen LogP contribution in [0, 0.1) is 0 Å². The summed E-state index contributed by atoms with van der Waals surface area (Å²) in [5.74, 6) is -0.187. The zero-order chi connectivity index (χ0) is 12.7. The number of anilines is 1. The molecule has 94 valence electrons. The number of nitrogens with one attached hydrogen (secondary N) is 1. The highest BCUT2D eigenvalue weighted by molar-refractivity contribution is 7.94. The molecule has 0 radical (unpaired) electrons. The van der Waals surface area contributed by atoms with Gasteiger partial charge in [-0.05, 0) is 6.08 Å². The largest absolute Gasteiger partial charge is 0.445 e. The zero-order valence-electron chi connectivity index (χ0n) is 8.10. The number of aromatic nitrogens is 2. The lowest BCUT2D eigenvalue weighted by Gasteiger charge is -2.06. The number of hydrogen-bond acceptors (Lipinski definition) is 6. The average Bonchev–Trinajstić information content (AvgIpc) is 2.72. The Hall–Kier alpha value is -1.16. The molecule has 1 atom stereocenters. The first-order valence-electron chi connectivity index (χ1n) is 4.34. The number of alkyl halides is 3. The lowest BCUT2D eigenvalue weighted by Crippen LogP contribution is -2.20. The molecule has 2 heterocycles. The van der Waals surface area contributed by atoms with Crippen molar-refractivity contribution >= 4 is 26.3 Å². The van der Waals surface area contributed by atoms with E-state index in [9.17, 15) is 21.6 Å². The van der Waals surface area contributed by atoms with Gasteiger partial charge in [0.15, 0.2) is 9.84 Å². The molecule has 0 amide bonds. The Morgan fingerprint density at radius 2 is 2.12 bits per heavy atom. The monoisotopic (exact) mass is 285 g/mol. The predicted octanol–water partition coefficient (Wildman–Crippen LogP) is 1.28. The molecule has 17 heavy (non-hydrogen) atoms. The van der Waals surface area contributed by atoms with Gasteiger partial charge in [0.25, 0.3) is 0 Å². The summed E-state index contributed by atoms with van der Waals surface area (Å²) in [6.45, 7) is 0. The van der Waals surface area contributed by atoms with Gasteiger partial charge < -0.3 is 5.32 Å². The predicted molar refractivity (Wildman–Crippen MR) is 55.2 cm³/mol. The maximum absolute atomic E-state index is 12.2. The van der Waals surface area contributed by atoms with E-state index in [1.807, 2.05) is 0 Å². The van der Waals surface area contributed by atoms with E-state index >= 15 is 0 Å². The van der Waals surface area contributed by atoms with Crippen molar-refractivity contribution < 1.29 is 21.6 Å². The Morgan fingerprint density at radius 1 is 1.41 bits per heavy atom. The van der Waals surface area contributed by atoms with Crippen LogP contribution in [0.2, 0.25) is 0 Å². The summed E-state index contributed by atoms with van der Waals surface area (Å²) in [4.78, 5) is 0. The number of rotatable bonds is 2. The highest BCUT2D eigenvalue weighted by Gasteiger charge is 2.36. The molecule has 5 nitrogen and oxygen atoms in total. The molecule has 0 fully saturated rings. The van der Waals surface area contributed by atoms with Gasteiger partial charge in [-0.25, -0.2) is 8.42 Å². The fourth-order valence-electron chi connectivity index (χ4n) is 1.22. The lowest BCUT2D eigenvalue weighted by molar-refractivity contribution is -0.138. The summed E-state index contributed by atoms with van der Waals surface area (Å²) in [5, 5.41) is 8.75. The van der Waals surface area contributed by atoms with Crippen molar-refractivity contribution in [3.05, 3.63) is 16.5 Å². The smallest absolute Gasteiger partial charge is 0.353 e. The second-order valence-corrected chi connectivity index (χ2v) is 6.23. The Labute approximate surface area is 98.3 Å². The van der Waals surface area contributed by atoms with Crippen molar-refractivity contribution in [2.75, 3.05) is 11.1 Å².